The largest absolute Gasteiger partial charge is 0.506 e. The molecule has 0 aliphatic carbocycles. The molecule has 3 aromatic rings. The van der Waals surface area contributed by atoms with Crippen molar-refractivity contribution in [2.45, 2.75) is 0 Å². The van der Waals surface area contributed by atoms with Crippen molar-refractivity contribution < 1.29 is 13.5 Å². The molecular weight excluding hydrogens is 380 g/mol. The molecule has 0 saturated carbocycles. The number of phenols is 1. The van der Waals surface area contributed by atoms with Gasteiger partial charge in [0.25, 0.3) is 0 Å². The summed E-state index contributed by atoms with van der Waals surface area (Å²) >= 11 is 0. The lowest BCUT2D eigenvalue weighted by atomic mass is 10.1. The van der Waals surface area contributed by atoms with Crippen LogP contribution >= 0.6 is 0 Å². The summed E-state index contributed by atoms with van der Waals surface area (Å²) in [6, 6.07) is 8.72. The number of piperazine rings is 1. The Bertz CT molecular complexity index is 1190. The number of hydrogen-bond acceptors (Lipinski definition) is 7. The first-order valence-electron chi connectivity index (χ1n) is 8.65. The second-order valence-electron chi connectivity index (χ2n) is 6.59. The van der Waals surface area contributed by atoms with Gasteiger partial charge in [-0.2, -0.15) is 14.7 Å². The molecular formula is C18H18N6O3S. The highest BCUT2D eigenvalue weighted by Crippen LogP contribution is 2.27. The van der Waals surface area contributed by atoms with Gasteiger partial charge in [-0.1, -0.05) is 6.07 Å². The van der Waals surface area contributed by atoms with Crippen molar-refractivity contribution in [2.75, 3.05) is 37.3 Å². The van der Waals surface area contributed by atoms with Gasteiger partial charge in [-0.15, -0.1) is 0 Å². The van der Waals surface area contributed by atoms with E-state index >= 15 is 0 Å². The molecule has 1 aliphatic rings. The van der Waals surface area contributed by atoms with Crippen molar-refractivity contribution >= 4 is 26.7 Å². The van der Waals surface area contributed by atoms with Crippen LogP contribution in [0, 0.1) is 11.3 Å². The zero-order chi connectivity index (χ0) is 19.9. The Hall–Kier alpha value is -3.16. The van der Waals surface area contributed by atoms with Crippen LogP contribution in [0.1, 0.15) is 5.56 Å². The molecule has 0 unspecified atom stereocenters. The number of rotatable bonds is 3. The summed E-state index contributed by atoms with van der Waals surface area (Å²) in [5.74, 6) is 0.647. The number of nitriles is 1. The summed E-state index contributed by atoms with van der Waals surface area (Å²) < 4.78 is 26.4. The zero-order valence-electron chi connectivity index (χ0n) is 15.1. The number of pyridine rings is 1. The molecule has 9 nitrogen and oxygen atoms in total. The molecule has 1 aromatic carbocycles. The average Bonchev–Trinajstić information content (AvgIpc) is 3.10. The van der Waals surface area contributed by atoms with Crippen LogP contribution in [0.4, 0.5) is 5.82 Å². The third-order valence-corrected chi connectivity index (χ3v) is 6.14. The summed E-state index contributed by atoms with van der Waals surface area (Å²) in [4.78, 5) is 6.54. The van der Waals surface area contributed by atoms with Crippen LogP contribution in [0.15, 0.2) is 36.7 Å². The molecule has 2 aromatic heterocycles. The van der Waals surface area contributed by atoms with E-state index in [1.54, 1.807) is 29.2 Å². The van der Waals surface area contributed by atoms with E-state index in [0.717, 1.165) is 11.2 Å². The maximum Gasteiger partial charge on any atom is 0.211 e. The summed E-state index contributed by atoms with van der Waals surface area (Å²) in [6.07, 6.45) is 4.57. The van der Waals surface area contributed by atoms with Gasteiger partial charge in [0.05, 0.1) is 29.9 Å². The number of aromatic nitrogens is 3. The standard InChI is InChI=1S/C18H18N6O3S/c1-28(26,27)23-7-5-22(6-8-23)18-9-13-11-21-24(16(13)12-20-18)15-3-2-4-17(25)14(15)10-19/h2-4,9,11-12,25H,5-8H2,1H3. The quantitative estimate of drug-likeness (QED) is 0.702. The first-order chi connectivity index (χ1) is 13.4. The van der Waals surface area contributed by atoms with Crippen LogP contribution in [-0.4, -0.2) is 65.0 Å². The Balaban J connectivity index is 1.65. The minimum Gasteiger partial charge on any atom is -0.506 e. The number of sulfonamides is 1. The van der Waals surface area contributed by atoms with E-state index in [1.165, 1.54) is 16.6 Å². The van der Waals surface area contributed by atoms with Gasteiger partial charge < -0.3 is 10.0 Å². The van der Waals surface area contributed by atoms with Gasteiger partial charge in [0, 0.05) is 31.6 Å². The van der Waals surface area contributed by atoms with E-state index in [4.69, 9.17) is 0 Å². The Morgan fingerprint density at radius 3 is 2.61 bits per heavy atom. The Kier molecular flexibility index (Phi) is 4.41. The molecule has 3 heterocycles. The highest BCUT2D eigenvalue weighted by atomic mass is 32.2. The molecule has 144 valence electrons. The van der Waals surface area contributed by atoms with Crippen LogP contribution in [0.5, 0.6) is 5.75 Å². The number of anilines is 1. The SMILES string of the molecule is CS(=O)(=O)N1CCN(c2cc3cnn(-c4cccc(O)c4C#N)c3cn2)CC1. The molecule has 1 aliphatic heterocycles. The summed E-state index contributed by atoms with van der Waals surface area (Å²) in [6.45, 7) is 1.97. The summed E-state index contributed by atoms with van der Waals surface area (Å²) in [7, 11) is -3.18. The van der Waals surface area contributed by atoms with Crippen LogP contribution < -0.4 is 4.90 Å². The molecule has 0 radical (unpaired) electrons. The predicted octanol–water partition coefficient (Wildman–Crippen LogP) is 1.08. The number of nitrogens with zero attached hydrogens (tertiary/aromatic N) is 6. The zero-order valence-corrected chi connectivity index (χ0v) is 16.0. The second-order valence-corrected chi connectivity index (χ2v) is 8.57. The number of aromatic hydroxyl groups is 1. The van der Waals surface area contributed by atoms with E-state index in [0.29, 0.717) is 37.4 Å². The minimum atomic E-state index is -3.18. The molecule has 0 bridgehead atoms. The van der Waals surface area contributed by atoms with Gasteiger partial charge in [-0.05, 0) is 18.2 Å². The maximum absolute atomic E-state index is 11.7. The van der Waals surface area contributed by atoms with E-state index in [1.807, 2.05) is 17.0 Å². The monoisotopic (exact) mass is 398 g/mol. The molecule has 1 fully saturated rings. The summed E-state index contributed by atoms with van der Waals surface area (Å²) in [5.41, 5.74) is 1.34. The first-order valence-corrected chi connectivity index (χ1v) is 10.5. The summed E-state index contributed by atoms with van der Waals surface area (Å²) in [5, 5.41) is 24.5. The fraction of sp³-hybridized carbons (Fsp3) is 0.278. The van der Waals surface area contributed by atoms with Crippen molar-refractivity contribution in [3.05, 3.63) is 42.2 Å². The fourth-order valence-electron chi connectivity index (χ4n) is 3.35. The van der Waals surface area contributed by atoms with Crippen molar-refractivity contribution in [1.82, 2.24) is 19.1 Å². The van der Waals surface area contributed by atoms with E-state index < -0.39 is 10.0 Å². The highest BCUT2D eigenvalue weighted by Gasteiger charge is 2.24. The van der Waals surface area contributed by atoms with Gasteiger partial charge in [0.15, 0.2) is 0 Å². The lowest BCUT2D eigenvalue weighted by Gasteiger charge is -2.33. The molecule has 0 spiro atoms. The van der Waals surface area contributed by atoms with Gasteiger partial charge in [0.2, 0.25) is 10.0 Å². The van der Waals surface area contributed by atoms with Crippen LogP contribution in [0.3, 0.4) is 0 Å². The lowest BCUT2D eigenvalue weighted by molar-refractivity contribution is 0.387. The molecule has 4 rings (SSSR count). The van der Waals surface area contributed by atoms with Gasteiger partial charge in [-0.25, -0.2) is 18.1 Å². The van der Waals surface area contributed by atoms with Crippen molar-refractivity contribution in [1.29, 1.82) is 5.26 Å². The van der Waals surface area contributed by atoms with E-state index in [9.17, 15) is 18.8 Å². The fourth-order valence-corrected chi connectivity index (χ4v) is 4.17. The number of phenolic OH excluding ortho intramolecular Hbond substituents is 1. The smallest absolute Gasteiger partial charge is 0.211 e. The van der Waals surface area contributed by atoms with Crippen LogP contribution in [0.2, 0.25) is 0 Å². The Morgan fingerprint density at radius 1 is 1.18 bits per heavy atom. The normalized spacial score (nSPS) is 15.6. The van der Waals surface area contributed by atoms with Gasteiger partial charge >= 0.3 is 0 Å². The average molecular weight is 398 g/mol. The molecule has 0 atom stereocenters. The minimum absolute atomic E-state index is 0.100. The Morgan fingerprint density at radius 2 is 1.93 bits per heavy atom. The number of benzene rings is 1. The van der Waals surface area contributed by atoms with Crippen molar-refractivity contribution in [2.24, 2.45) is 0 Å². The van der Waals surface area contributed by atoms with Crippen LogP contribution in [-0.2, 0) is 10.0 Å². The number of fused-ring (bicyclic) bond motifs is 1. The van der Waals surface area contributed by atoms with Crippen molar-refractivity contribution in [3.8, 4) is 17.5 Å². The molecule has 28 heavy (non-hydrogen) atoms. The van der Waals surface area contributed by atoms with E-state index in [-0.39, 0.29) is 11.3 Å². The predicted molar refractivity (Wildman–Crippen MR) is 104 cm³/mol. The van der Waals surface area contributed by atoms with Gasteiger partial charge in [0.1, 0.15) is 23.2 Å². The maximum atomic E-state index is 11.7. The Labute approximate surface area is 162 Å². The molecule has 1 N–H and O–H groups in total. The molecule has 0 amide bonds. The molecule has 1 saturated heterocycles. The second kappa shape index (κ2) is 6.78. The topological polar surface area (TPSA) is 115 Å². The highest BCUT2D eigenvalue weighted by molar-refractivity contribution is 7.88. The van der Waals surface area contributed by atoms with E-state index in [2.05, 4.69) is 10.1 Å². The molecule has 10 heteroatoms. The third-order valence-electron chi connectivity index (χ3n) is 4.83. The lowest BCUT2D eigenvalue weighted by Crippen LogP contribution is -2.48. The van der Waals surface area contributed by atoms with Gasteiger partial charge in [-0.3, -0.25) is 0 Å². The van der Waals surface area contributed by atoms with Crippen LogP contribution in [0.25, 0.3) is 16.6 Å². The third kappa shape index (κ3) is 3.15. The first kappa shape index (κ1) is 18.2. The number of hydrogen-bond donors (Lipinski definition) is 1. The van der Waals surface area contributed by atoms with Crippen molar-refractivity contribution in [3.63, 3.8) is 0 Å².